The Kier molecular flexibility index (Phi) is 3.94. The Morgan fingerprint density at radius 2 is 1.90 bits per heavy atom. The zero-order valence-electron chi connectivity index (χ0n) is 12.3. The molecule has 6 heteroatoms. The number of nitrogens with zero attached hydrogens (tertiary/aromatic N) is 3. The molecule has 0 fully saturated rings. The molecule has 0 aliphatic rings. The zero-order chi connectivity index (χ0) is 14.8. The Balaban J connectivity index is 2.20. The van der Waals surface area contributed by atoms with Gasteiger partial charge in [-0.25, -0.2) is 4.68 Å². The van der Waals surface area contributed by atoms with Gasteiger partial charge in [0.1, 0.15) is 5.69 Å². The molecule has 0 aliphatic carbocycles. The van der Waals surface area contributed by atoms with E-state index in [0.29, 0.717) is 18.0 Å². The Morgan fingerprint density at radius 3 is 2.45 bits per heavy atom. The number of methoxy groups -OCH3 is 2. The molecule has 0 amide bonds. The summed E-state index contributed by atoms with van der Waals surface area (Å²) < 4.78 is 12.3. The molecule has 0 radical (unpaired) electrons. The van der Waals surface area contributed by atoms with E-state index in [4.69, 9.17) is 15.2 Å². The Bertz CT molecular complexity index is 587. The van der Waals surface area contributed by atoms with E-state index in [1.165, 1.54) is 0 Å². The highest BCUT2D eigenvalue weighted by molar-refractivity contribution is 5.42. The Morgan fingerprint density at radius 1 is 1.20 bits per heavy atom. The van der Waals surface area contributed by atoms with Gasteiger partial charge in [-0.2, -0.15) is 0 Å². The van der Waals surface area contributed by atoms with Crippen molar-refractivity contribution < 1.29 is 9.47 Å². The minimum Gasteiger partial charge on any atom is -0.493 e. The number of hydrogen-bond donors (Lipinski definition) is 1. The normalized spacial score (nSPS) is 11.4. The number of nitrogens with two attached hydrogens (primary N) is 1. The molecule has 2 rings (SSSR count). The van der Waals surface area contributed by atoms with Gasteiger partial charge >= 0.3 is 0 Å². The standard InChI is InChI=1S/C14H20N4O2/c1-14(2,15)13-9-18(17-16-13)8-10-5-6-11(19-3)12(7-10)20-4/h5-7,9H,8,15H2,1-4H3. The van der Waals surface area contributed by atoms with Crippen molar-refractivity contribution in [3.8, 4) is 11.5 Å². The molecule has 0 saturated heterocycles. The third kappa shape index (κ3) is 3.08. The summed E-state index contributed by atoms with van der Waals surface area (Å²) in [5.74, 6) is 1.41. The molecule has 0 saturated carbocycles. The third-order valence-corrected chi connectivity index (χ3v) is 2.99. The van der Waals surface area contributed by atoms with Gasteiger partial charge in [0.25, 0.3) is 0 Å². The highest BCUT2D eigenvalue weighted by Gasteiger charge is 2.18. The summed E-state index contributed by atoms with van der Waals surface area (Å²) in [6, 6.07) is 5.77. The van der Waals surface area contributed by atoms with E-state index in [9.17, 15) is 0 Å². The van der Waals surface area contributed by atoms with Gasteiger partial charge in [0.05, 0.1) is 32.5 Å². The van der Waals surface area contributed by atoms with Crippen LogP contribution in [0, 0.1) is 0 Å². The van der Waals surface area contributed by atoms with Gasteiger partial charge in [-0.3, -0.25) is 0 Å². The molecule has 2 N–H and O–H groups in total. The third-order valence-electron chi connectivity index (χ3n) is 2.99. The Labute approximate surface area is 118 Å². The van der Waals surface area contributed by atoms with E-state index in [1.54, 1.807) is 18.9 Å². The molecule has 108 valence electrons. The van der Waals surface area contributed by atoms with E-state index >= 15 is 0 Å². The van der Waals surface area contributed by atoms with Crippen LogP contribution in [0.3, 0.4) is 0 Å². The minimum absolute atomic E-state index is 0.490. The van der Waals surface area contributed by atoms with Gasteiger partial charge in [-0.1, -0.05) is 11.3 Å². The van der Waals surface area contributed by atoms with Crippen LogP contribution < -0.4 is 15.2 Å². The summed E-state index contributed by atoms with van der Waals surface area (Å²) in [4.78, 5) is 0. The molecule has 1 heterocycles. The molecule has 20 heavy (non-hydrogen) atoms. The lowest BCUT2D eigenvalue weighted by Gasteiger charge is -2.13. The van der Waals surface area contributed by atoms with E-state index in [1.807, 2.05) is 38.2 Å². The molecule has 2 aromatic rings. The summed E-state index contributed by atoms with van der Waals surface area (Å²) >= 11 is 0. The van der Waals surface area contributed by atoms with Gasteiger partial charge < -0.3 is 15.2 Å². The maximum Gasteiger partial charge on any atom is 0.161 e. The van der Waals surface area contributed by atoms with Gasteiger partial charge in [-0.05, 0) is 31.5 Å². The maximum absolute atomic E-state index is 5.99. The zero-order valence-corrected chi connectivity index (χ0v) is 12.3. The van der Waals surface area contributed by atoms with Crippen LogP contribution in [0.1, 0.15) is 25.1 Å². The summed E-state index contributed by atoms with van der Waals surface area (Å²) in [6.45, 7) is 4.40. The van der Waals surface area contributed by atoms with Crippen molar-refractivity contribution in [2.24, 2.45) is 5.73 Å². The van der Waals surface area contributed by atoms with Crippen molar-refractivity contribution in [3.05, 3.63) is 35.7 Å². The molecule has 0 aliphatic heterocycles. The van der Waals surface area contributed by atoms with Crippen LogP contribution in [0.25, 0.3) is 0 Å². The fourth-order valence-corrected chi connectivity index (χ4v) is 1.84. The number of rotatable bonds is 5. The predicted octanol–water partition coefficient (Wildman–Crippen LogP) is 1.54. The van der Waals surface area contributed by atoms with Gasteiger partial charge in [0, 0.05) is 0 Å². The maximum atomic E-state index is 5.99. The molecular weight excluding hydrogens is 256 g/mol. The summed E-state index contributed by atoms with van der Waals surface area (Å²) in [7, 11) is 3.23. The van der Waals surface area contributed by atoms with Crippen LogP contribution in [0.4, 0.5) is 0 Å². The van der Waals surface area contributed by atoms with Gasteiger partial charge in [-0.15, -0.1) is 5.10 Å². The molecule has 0 spiro atoms. The highest BCUT2D eigenvalue weighted by atomic mass is 16.5. The SMILES string of the molecule is COc1ccc(Cn2cc(C(C)(C)N)nn2)cc1OC. The van der Waals surface area contributed by atoms with Crippen LogP contribution in [-0.4, -0.2) is 29.2 Å². The molecular formula is C14H20N4O2. The number of benzene rings is 1. The van der Waals surface area contributed by atoms with Crippen LogP contribution in [0.15, 0.2) is 24.4 Å². The average Bonchev–Trinajstić information content (AvgIpc) is 2.87. The smallest absolute Gasteiger partial charge is 0.161 e. The van der Waals surface area contributed by atoms with E-state index in [2.05, 4.69) is 10.3 Å². The average molecular weight is 276 g/mol. The Hall–Kier alpha value is -2.08. The fourth-order valence-electron chi connectivity index (χ4n) is 1.84. The van der Waals surface area contributed by atoms with Crippen molar-refractivity contribution >= 4 is 0 Å². The lowest BCUT2D eigenvalue weighted by atomic mass is 10.0. The molecule has 0 unspecified atom stereocenters. The van der Waals surface area contributed by atoms with Crippen LogP contribution in [0.5, 0.6) is 11.5 Å². The van der Waals surface area contributed by atoms with Gasteiger partial charge in [0.2, 0.25) is 0 Å². The first-order valence-corrected chi connectivity index (χ1v) is 6.34. The summed E-state index contributed by atoms with van der Waals surface area (Å²) in [5, 5.41) is 8.18. The fraction of sp³-hybridized carbons (Fsp3) is 0.429. The topological polar surface area (TPSA) is 75.2 Å². The number of aromatic nitrogens is 3. The van der Waals surface area contributed by atoms with Crippen molar-refractivity contribution in [3.63, 3.8) is 0 Å². The number of ether oxygens (including phenoxy) is 2. The van der Waals surface area contributed by atoms with Crippen LogP contribution >= 0.6 is 0 Å². The first-order chi connectivity index (χ1) is 9.44. The second-order valence-corrected chi connectivity index (χ2v) is 5.21. The first kappa shape index (κ1) is 14.3. The monoisotopic (exact) mass is 276 g/mol. The molecule has 0 bridgehead atoms. The van der Waals surface area contributed by atoms with Crippen LogP contribution in [-0.2, 0) is 12.1 Å². The van der Waals surface area contributed by atoms with Crippen molar-refractivity contribution in [2.75, 3.05) is 14.2 Å². The van der Waals surface area contributed by atoms with E-state index in [-0.39, 0.29) is 0 Å². The quantitative estimate of drug-likeness (QED) is 0.896. The number of hydrogen-bond acceptors (Lipinski definition) is 5. The second-order valence-electron chi connectivity index (χ2n) is 5.21. The van der Waals surface area contributed by atoms with E-state index < -0.39 is 5.54 Å². The molecule has 1 aromatic carbocycles. The minimum atomic E-state index is -0.490. The second kappa shape index (κ2) is 5.50. The molecule has 6 nitrogen and oxygen atoms in total. The lowest BCUT2D eigenvalue weighted by molar-refractivity contribution is 0.354. The molecule has 1 aromatic heterocycles. The molecule has 0 atom stereocenters. The summed E-state index contributed by atoms with van der Waals surface area (Å²) in [5.41, 5.74) is 7.32. The lowest BCUT2D eigenvalue weighted by Crippen LogP contribution is -2.29. The van der Waals surface area contributed by atoms with Gasteiger partial charge in [0.15, 0.2) is 11.5 Å². The predicted molar refractivity (Wildman–Crippen MR) is 75.9 cm³/mol. The van der Waals surface area contributed by atoms with Crippen molar-refractivity contribution in [1.29, 1.82) is 0 Å². The van der Waals surface area contributed by atoms with E-state index in [0.717, 1.165) is 11.3 Å². The van der Waals surface area contributed by atoms with Crippen molar-refractivity contribution in [1.82, 2.24) is 15.0 Å². The highest BCUT2D eigenvalue weighted by Crippen LogP contribution is 2.27. The first-order valence-electron chi connectivity index (χ1n) is 6.34. The summed E-state index contributed by atoms with van der Waals surface area (Å²) in [6.07, 6.45) is 1.86. The van der Waals surface area contributed by atoms with Crippen LogP contribution in [0.2, 0.25) is 0 Å². The largest absolute Gasteiger partial charge is 0.493 e. The van der Waals surface area contributed by atoms with Crippen molar-refractivity contribution in [2.45, 2.75) is 25.9 Å².